The van der Waals surface area contributed by atoms with Crippen LogP contribution < -0.4 is 9.47 Å². The van der Waals surface area contributed by atoms with Crippen LogP contribution in [-0.2, 0) is 13.0 Å². The zero-order valence-electron chi connectivity index (χ0n) is 13.5. The Balaban J connectivity index is 2.08. The van der Waals surface area contributed by atoms with Crippen molar-refractivity contribution < 1.29 is 14.6 Å². The number of rotatable bonds is 2. The van der Waals surface area contributed by atoms with Crippen molar-refractivity contribution in [3.8, 4) is 11.5 Å². The Morgan fingerprint density at radius 2 is 2.05 bits per heavy atom. The van der Waals surface area contributed by atoms with E-state index in [0.717, 1.165) is 29.9 Å². The van der Waals surface area contributed by atoms with Crippen molar-refractivity contribution in [2.24, 2.45) is 11.3 Å². The van der Waals surface area contributed by atoms with E-state index in [4.69, 9.17) is 9.47 Å². The van der Waals surface area contributed by atoms with Gasteiger partial charge in [-0.2, -0.15) is 0 Å². The molecule has 1 heterocycles. The summed E-state index contributed by atoms with van der Waals surface area (Å²) in [7, 11) is 1.67. The van der Waals surface area contributed by atoms with Gasteiger partial charge in [0.25, 0.3) is 0 Å². The molecule has 1 fully saturated rings. The summed E-state index contributed by atoms with van der Waals surface area (Å²) in [5, 5.41) is 9.45. The van der Waals surface area contributed by atoms with Crippen LogP contribution >= 0.6 is 0 Å². The van der Waals surface area contributed by atoms with Crippen LogP contribution in [0, 0.1) is 11.3 Å². The van der Waals surface area contributed by atoms with E-state index in [1.807, 2.05) is 6.07 Å². The molecule has 0 spiro atoms. The molecule has 0 amide bonds. The van der Waals surface area contributed by atoms with Crippen LogP contribution in [0.1, 0.15) is 51.2 Å². The van der Waals surface area contributed by atoms with Gasteiger partial charge in [0.2, 0.25) is 0 Å². The Morgan fingerprint density at radius 3 is 2.71 bits per heavy atom. The van der Waals surface area contributed by atoms with Gasteiger partial charge in [-0.15, -0.1) is 0 Å². The van der Waals surface area contributed by atoms with E-state index < -0.39 is 0 Å². The van der Waals surface area contributed by atoms with Crippen molar-refractivity contribution in [2.75, 3.05) is 7.11 Å². The molecule has 1 aromatic rings. The van der Waals surface area contributed by atoms with E-state index in [0.29, 0.717) is 5.92 Å². The lowest BCUT2D eigenvalue weighted by Gasteiger charge is -2.53. The van der Waals surface area contributed by atoms with Crippen LogP contribution in [0.2, 0.25) is 0 Å². The summed E-state index contributed by atoms with van der Waals surface area (Å²) in [4.78, 5) is 0. The second-order valence-electron chi connectivity index (χ2n) is 7.46. The molecule has 1 aliphatic heterocycles. The highest BCUT2D eigenvalue weighted by Gasteiger charge is 2.51. The number of benzene rings is 1. The van der Waals surface area contributed by atoms with Crippen LogP contribution in [-0.4, -0.2) is 17.8 Å². The Hall–Kier alpha value is -1.22. The highest BCUT2D eigenvalue weighted by atomic mass is 16.5. The first kappa shape index (κ1) is 14.7. The number of hydrogen-bond donors (Lipinski definition) is 1. The minimum absolute atomic E-state index is 0.0367. The first-order valence-electron chi connectivity index (χ1n) is 7.89. The van der Waals surface area contributed by atoms with Gasteiger partial charge in [0.1, 0.15) is 5.60 Å². The first-order chi connectivity index (χ1) is 9.89. The molecule has 2 atom stereocenters. The molecule has 1 N–H and O–H groups in total. The van der Waals surface area contributed by atoms with Crippen LogP contribution in [0.3, 0.4) is 0 Å². The van der Waals surface area contributed by atoms with E-state index in [9.17, 15) is 5.11 Å². The zero-order chi connectivity index (χ0) is 15.3. The predicted molar refractivity (Wildman–Crippen MR) is 82.8 cm³/mol. The molecule has 1 aromatic carbocycles. The van der Waals surface area contributed by atoms with E-state index in [1.54, 1.807) is 7.11 Å². The van der Waals surface area contributed by atoms with Gasteiger partial charge in [-0.3, -0.25) is 0 Å². The van der Waals surface area contributed by atoms with Crippen molar-refractivity contribution in [1.82, 2.24) is 0 Å². The highest BCUT2D eigenvalue weighted by molar-refractivity contribution is 5.51. The third kappa shape index (κ3) is 2.32. The topological polar surface area (TPSA) is 38.7 Å². The molecule has 116 valence electrons. The van der Waals surface area contributed by atoms with Gasteiger partial charge in [0.05, 0.1) is 13.7 Å². The normalized spacial score (nSPS) is 30.0. The van der Waals surface area contributed by atoms with Crippen molar-refractivity contribution in [2.45, 2.75) is 58.7 Å². The van der Waals surface area contributed by atoms with E-state index in [-0.39, 0.29) is 17.6 Å². The maximum Gasteiger partial charge on any atom is 0.165 e. The van der Waals surface area contributed by atoms with Crippen molar-refractivity contribution in [3.05, 3.63) is 23.3 Å². The summed E-state index contributed by atoms with van der Waals surface area (Å²) in [6.45, 7) is 7.00. The number of hydrogen-bond acceptors (Lipinski definition) is 3. The molecule has 1 aliphatic carbocycles. The number of aliphatic hydroxyl groups is 1. The molecule has 3 rings (SSSR count). The SMILES string of the molecule is COc1cc(CO)cc2c1O[C@]1(C)CCCC(C)(C)[C@H]1C2. The molecule has 3 heteroatoms. The Labute approximate surface area is 127 Å². The number of ether oxygens (including phenoxy) is 2. The monoisotopic (exact) mass is 290 g/mol. The van der Waals surface area contributed by atoms with Gasteiger partial charge < -0.3 is 14.6 Å². The van der Waals surface area contributed by atoms with E-state index in [1.165, 1.54) is 18.4 Å². The molecule has 3 nitrogen and oxygen atoms in total. The Kier molecular flexibility index (Phi) is 3.44. The Morgan fingerprint density at radius 1 is 1.29 bits per heavy atom. The number of fused-ring (bicyclic) bond motifs is 2. The fraction of sp³-hybridized carbons (Fsp3) is 0.667. The van der Waals surface area contributed by atoms with E-state index in [2.05, 4.69) is 26.8 Å². The minimum atomic E-state index is -0.108. The Bertz CT molecular complexity index is 550. The van der Waals surface area contributed by atoms with Crippen molar-refractivity contribution >= 4 is 0 Å². The molecule has 2 aliphatic rings. The van der Waals surface area contributed by atoms with Crippen molar-refractivity contribution in [3.63, 3.8) is 0 Å². The summed E-state index contributed by atoms with van der Waals surface area (Å²) >= 11 is 0. The molecule has 0 saturated heterocycles. The van der Waals surface area contributed by atoms with Crippen LogP contribution in [0.25, 0.3) is 0 Å². The fourth-order valence-electron chi connectivity index (χ4n) is 4.37. The summed E-state index contributed by atoms with van der Waals surface area (Å²) in [5.41, 5.74) is 2.25. The maximum absolute atomic E-state index is 9.45. The lowest BCUT2D eigenvalue weighted by molar-refractivity contribution is -0.0827. The second kappa shape index (κ2) is 4.91. The summed E-state index contributed by atoms with van der Waals surface area (Å²) in [5.74, 6) is 2.13. The molecule has 1 saturated carbocycles. The minimum Gasteiger partial charge on any atom is -0.493 e. The van der Waals surface area contributed by atoms with Gasteiger partial charge in [0, 0.05) is 5.92 Å². The largest absolute Gasteiger partial charge is 0.493 e. The maximum atomic E-state index is 9.45. The fourth-order valence-corrected chi connectivity index (χ4v) is 4.37. The third-order valence-electron chi connectivity index (χ3n) is 5.53. The smallest absolute Gasteiger partial charge is 0.165 e. The van der Waals surface area contributed by atoms with Crippen LogP contribution in [0.4, 0.5) is 0 Å². The van der Waals surface area contributed by atoms with Gasteiger partial charge in [-0.1, -0.05) is 13.8 Å². The van der Waals surface area contributed by atoms with Crippen LogP contribution in [0.15, 0.2) is 12.1 Å². The molecule has 0 unspecified atom stereocenters. The summed E-state index contributed by atoms with van der Waals surface area (Å²) in [6, 6.07) is 3.96. The predicted octanol–water partition coefficient (Wildman–Crippen LogP) is 3.71. The van der Waals surface area contributed by atoms with E-state index >= 15 is 0 Å². The number of methoxy groups -OCH3 is 1. The molecular formula is C18H26O3. The number of aliphatic hydroxyl groups excluding tert-OH is 1. The lowest BCUT2D eigenvalue weighted by atomic mass is 9.59. The van der Waals surface area contributed by atoms with Crippen molar-refractivity contribution in [1.29, 1.82) is 0 Å². The molecule has 0 bridgehead atoms. The highest BCUT2D eigenvalue weighted by Crippen LogP contribution is 2.54. The molecule has 0 radical (unpaired) electrons. The third-order valence-corrected chi connectivity index (χ3v) is 5.53. The van der Waals surface area contributed by atoms with Gasteiger partial charge in [-0.25, -0.2) is 0 Å². The molecule has 21 heavy (non-hydrogen) atoms. The molecule has 0 aromatic heterocycles. The molecular weight excluding hydrogens is 264 g/mol. The van der Waals surface area contributed by atoms with Gasteiger partial charge in [-0.05, 0) is 61.3 Å². The average molecular weight is 290 g/mol. The summed E-state index contributed by atoms with van der Waals surface area (Å²) in [6.07, 6.45) is 4.57. The zero-order valence-corrected chi connectivity index (χ0v) is 13.5. The second-order valence-corrected chi connectivity index (χ2v) is 7.46. The van der Waals surface area contributed by atoms with Gasteiger partial charge in [0.15, 0.2) is 11.5 Å². The van der Waals surface area contributed by atoms with Gasteiger partial charge >= 0.3 is 0 Å². The quantitative estimate of drug-likeness (QED) is 0.902. The lowest BCUT2D eigenvalue weighted by Crippen LogP contribution is -2.54. The average Bonchev–Trinajstić information content (AvgIpc) is 2.44. The summed E-state index contributed by atoms with van der Waals surface area (Å²) < 4.78 is 12.0. The van der Waals surface area contributed by atoms with Crippen LogP contribution in [0.5, 0.6) is 11.5 Å². The standard InChI is InChI=1S/C18H26O3/c1-17(2)6-5-7-18(3)15(17)10-13-8-12(11-19)9-14(20-4)16(13)21-18/h8-9,15,19H,5-7,10-11H2,1-4H3/t15-,18-/m1/s1. The first-order valence-corrected chi connectivity index (χ1v) is 7.89.